The molecule has 5 rings (SSSR count). The molecule has 0 aliphatic carbocycles. The number of hydrogen-bond acceptors (Lipinski definition) is 5. The largest absolute Gasteiger partial charge is 0.338 e. The molecule has 0 spiro atoms. The standard InChI is InChI=1S/C23H25N5O3/c1-12-6-7-24-21(29)15(12)20-25-18-13(2)16-17(14(3)19(18)26-20)23(31)28(22(16)30)11-10-27-8-4-5-9-27/h6-7H,4-5,8-11H2,1-3H3,(H,24,29)(H,25,26). The van der Waals surface area contributed by atoms with Crippen molar-refractivity contribution in [3.63, 3.8) is 0 Å². The molecule has 0 bridgehead atoms. The lowest BCUT2D eigenvalue weighted by Gasteiger charge is -2.19. The van der Waals surface area contributed by atoms with Crippen molar-refractivity contribution in [1.29, 1.82) is 0 Å². The van der Waals surface area contributed by atoms with Gasteiger partial charge in [-0.25, -0.2) is 4.98 Å². The number of carbonyl (C=O) groups excluding carboxylic acids is 2. The van der Waals surface area contributed by atoms with E-state index in [1.54, 1.807) is 6.20 Å². The Hall–Kier alpha value is -3.26. The van der Waals surface area contributed by atoms with Gasteiger partial charge in [-0.2, -0.15) is 0 Å². The molecule has 8 nitrogen and oxygen atoms in total. The van der Waals surface area contributed by atoms with Crippen molar-refractivity contribution in [2.45, 2.75) is 33.6 Å². The molecule has 4 heterocycles. The minimum absolute atomic E-state index is 0.234. The smallest absolute Gasteiger partial charge is 0.261 e. The number of amides is 2. The summed E-state index contributed by atoms with van der Waals surface area (Å²) in [6, 6.07) is 1.81. The van der Waals surface area contributed by atoms with Gasteiger partial charge in [0.2, 0.25) is 0 Å². The summed E-state index contributed by atoms with van der Waals surface area (Å²) < 4.78 is 0. The van der Waals surface area contributed by atoms with Crippen molar-refractivity contribution < 1.29 is 9.59 Å². The molecule has 1 fully saturated rings. The Morgan fingerprint density at radius 1 is 0.935 bits per heavy atom. The predicted molar refractivity (Wildman–Crippen MR) is 117 cm³/mol. The number of likely N-dealkylation sites (tertiary alicyclic amines) is 1. The third kappa shape index (κ3) is 2.93. The zero-order valence-corrected chi connectivity index (χ0v) is 18.0. The van der Waals surface area contributed by atoms with E-state index in [9.17, 15) is 14.4 Å². The second-order valence-electron chi connectivity index (χ2n) is 8.48. The van der Waals surface area contributed by atoms with Gasteiger partial charge in [-0.3, -0.25) is 19.3 Å². The zero-order valence-electron chi connectivity index (χ0n) is 18.0. The van der Waals surface area contributed by atoms with E-state index in [1.165, 1.54) is 17.7 Å². The number of benzene rings is 1. The first-order valence-electron chi connectivity index (χ1n) is 10.7. The van der Waals surface area contributed by atoms with E-state index in [-0.39, 0.29) is 17.4 Å². The normalized spacial score (nSPS) is 16.7. The van der Waals surface area contributed by atoms with Gasteiger partial charge in [-0.1, -0.05) is 0 Å². The summed E-state index contributed by atoms with van der Waals surface area (Å²) >= 11 is 0. The van der Waals surface area contributed by atoms with Crippen molar-refractivity contribution in [3.8, 4) is 11.4 Å². The van der Waals surface area contributed by atoms with Gasteiger partial charge in [0, 0.05) is 19.3 Å². The maximum atomic E-state index is 13.2. The number of rotatable bonds is 4. The molecule has 0 radical (unpaired) electrons. The predicted octanol–water partition coefficient (Wildman–Crippen LogP) is 2.54. The lowest BCUT2D eigenvalue weighted by molar-refractivity contribution is 0.0640. The van der Waals surface area contributed by atoms with Gasteiger partial charge in [-0.05, 0) is 69.5 Å². The van der Waals surface area contributed by atoms with Crippen LogP contribution in [0.1, 0.15) is 50.2 Å². The van der Waals surface area contributed by atoms with E-state index >= 15 is 0 Å². The molecule has 0 atom stereocenters. The van der Waals surface area contributed by atoms with Crippen LogP contribution in [0.15, 0.2) is 17.1 Å². The number of aromatic nitrogens is 3. The molecule has 3 aromatic rings. The van der Waals surface area contributed by atoms with Crippen LogP contribution in [0.4, 0.5) is 0 Å². The molecule has 0 unspecified atom stereocenters. The number of H-pyrrole nitrogens is 2. The van der Waals surface area contributed by atoms with E-state index in [0.29, 0.717) is 57.8 Å². The van der Waals surface area contributed by atoms with Crippen LogP contribution in [0, 0.1) is 20.8 Å². The fourth-order valence-corrected chi connectivity index (χ4v) is 4.87. The van der Waals surface area contributed by atoms with Crippen LogP contribution in [0.3, 0.4) is 0 Å². The Balaban J connectivity index is 1.59. The molecule has 2 aliphatic heterocycles. The van der Waals surface area contributed by atoms with Crippen LogP contribution in [-0.2, 0) is 0 Å². The summed E-state index contributed by atoms with van der Waals surface area (Å²) in [5.74, 6) is -0.0541. The fourth-order valence-electron chi connectivity index (χ4n) is 4.87. The van der Waals surface area contributed by atoms with Gasteiger partial charge in [0.25, 0.3) is 17.4 Å². The molecule has 1 aromatic carbocycles. The zero-order chi connectivity index (χ0) is 21.9. The van der Waals surface area contributed by atoms with Crippen LogP contribution < -0.4 is 5.56 Å². The van der Waals surface area contributed by atoms with Crippen LogP contribution in [0.5, 0.6) is 0 Å². The summed E-state index contributed by atoms with van der Waals surface area (Å²) in [6.07, 6.45) is 3.94. The van der Waals surface area contributed by atoms with Crippen LogP contribution in [0.2, 0.25) is 0 Å². The summed E-state index contributed by atoms with van der Waals surface area (Å²) in [5.41, 5.74) is 4.59. The van der Waals surface area contributed by atoms with Gasteiger partial charge in [-0.15, -0.1) is 0 Å². The molecule has 160 valence electrons. The topological polar surface area (TPSA) is 102 Å². The first kappa shape index (κ1) is 19.7. The molecule has 2 aromatic heterocycles. The number of aromatic amines is 2. The molecular weight excluding hydrogens is 394 g/mol. The summed E-state index contributed by atoms with van der Waals surface area (Å²) in [6.45, 7) is 8.66. The lowest BCUT2D eigenvalue weighted by atomic mass is 9.97. The number of imidazole rings is 1. The molecule has 2 amide bonds. The van der Waals surface area contributed by atoms with Gasteiger partial charge >= 0.3 is 0 Å². The number of nitrogens with zero attached hydrogens (tertiary/aromatic N) is 3. The summed E-state index contributed by atoms with van der Waals surface area (Å²) in [7, 11) is 0. The number of aryl methyl sites for hydroxylation is 3. The third-order valence-electron chi connectivity index (χ3n) is 6.60. The van der Waals surface area contributed by atoms with Crippen LogP contribution in [0.25, 0.3) is 22.4 Å². The Labute approximate surface area is 179 Å². The Morgan fingerprint density at radius 2 is 1.61 bits per heavy atom. The van der Waals surface area contributed by atoms with Gasteiger partial charge in [0.1, 0.15) is 5.82 Å². The van der Waals surface area contributed by atoms with Crippen LogP contribution in [-0.4, -0.2) is 62.7 Å². The van der Waals surface area contributed by atoms with Crippen molar-refractivity contribution >= 4 is 22.8 Å². The Kier molecular flexibility index (Phi) is 4.55. The number of hydrogen-bond donors (Lipinski definition) is 2. The van der Waals surface area contributed by atoms with E-state index in [2.05, 4.69) is 19.9 Å². The van der Waals surface area contributed by atoms with Gasteiger partial charge in [0.15, 0.2) is 0 Å². The monoisotopic (exact) mass is 419 g/mol. The highest BCUT2D eigenvalue weighted by Gasteiger charge is 2.40. The number of imide groups is 1. The van der Waals surface area contributed by atoms with Gasteiger partial charge in [0.05, 0.1) is 27.7 Å². The minimum Gasteiger partial charge on any atom is -0.338 e. The van der Waals surface area contributed by atoms with Gasteiger partial charge < -0.3 is 14.9 Å². The SMILES string of the molecule is Cc1cc[nH]c(=O)c1-c1nc2c(C)c3c(c(C)c2[nH]1)C(=O)N(CCN1CCCC1)C3=O. The molecule has 2 N–H and O–H groups in total. The second-order valence-corrected chi connectivity index (χ2v) is 8.48. The summed E-state index contributed by atoms with van der Waals surface area (Å²) in [5, 5.41) is 0. The number of fused-ring (bicyclic) bond motifs is 2. The lowest BCUT2D eigenvalue weighted by Crippen LogP contribution is -2.37. The number of pyridine rings is 1. The van der Waals surface area contributed by atoms with E-state index in [4.69, 9.17) is 0 Å². The molecule has 8 heteroatoms. The Morgan fingerprint density at radius 3 is 2.29 bits per heavy atom. The molecule has 1 saturated heterocycles. The molecule has 2 aliphatic rings. The minimum atomic E-state index is -0.250. The van der Waals surface area contributed by atoms with E-state index in [1.807, 2.05) is 26.8 Å². The maximum Gasteiger partial charge on any atom is 0.261 e. The first-order valence-corrected chi connectivity index (χ1v) is 10.7. The fraction of sp³-hybridized carbons (Fsp3) is 0.391. The van der Waals surface area contributed by atoms with E-state index in [0.717, 1.165) is 18.7 Å². The van der Waals surface area contributed by atoms with Crippen molar-refractivity contribution in [2.75, 3.05) is 26.2 Å². The highest BCUT2D eigenvalue weighted by molar-refractivity contribution is 6.24. The quantitative estimate of drug-likeness (QED) is 0.633. The Bertz CT molecular complexity index is 1240. The number of nitrogens with one attached hydrogen (secondary N) is 2. The van der Waals surface area contributed by atoms with E-state index < -0.39 is 0 Å². The average Bonchev–Trinajstić information content (AvgIpc) is 3.44. The molecule has 31 heavy (non-hydrogen) atoms. The first-order chi connectivity index (χ1) is 14.9. The highest BCUT2D eigenvalue weighted by Crippen LogP contribution is 2.35. The third-order valence-corrected chi connectivity index (χ3v) is 6.60. The van der Waals surface area contributed by atoms with Crippen molar-refractivity contribution in [3.05, 3.63) is 50.4 Å². The number of carbonyl (C=O) groups is 2. The average molecular weight is 419 g/mol. The van der Waals surface area contributed by atoms with Crippen molar-refractivity contribution in [2.24, 2.45) is 0 Å². The molecule has 0 saturated carbocycles. The maximum absolute atomic E-state index is 13.2. The van der Waals surface area contributed by atoms with Crippen molar-refractivity contribution in [1.82, 2.24) is 24.8 Å². The summed E-state index contributed by atoms with van der Waals surface area (Å²) in [4.78, 5) is 53.1. The van der Waals surface area contributed by atoms with Crippen LogP contribution >= 0.6 is 0 Å². The molecular formula is C23H25N5O3. The second kappa shape index (κ2) is 7.16. The highest BCUT2D eigenvalue weighted by atomic mass is 16.2.